The molecule has 106 valence electrons. The van der Waals surface area contributed by atoms with E-state index in [1.165, 1.54) is 12.1 Å². The van der Waals surface area contributed by atoms with Crippen molar-refractivity contribution >= 4 is 5.69 Å². The molecule has 1 aliphatic rings. The van der Waals surface area contributed by atoms with Gasteiger partial charge in [-0.1, -0.05) is 6.92 Å². The number of piperidine rings is 1. The Morgan fingerprint density at radius 3 is 2.53 bits per heavy atom. The summed E-state index contributed by atoms with van der Waals surface area (Å²) in [6, 6.07) is 3.10. The number of hydrogen-bond donors (Lipinski definition) is 1. The summed E-state index contributed by atoms with van der Waals surface area (Å²) in [6.45, 7) is 6.02. The van der Waals surface area contributed by atoms with Gasteiger partial charge in [-0.05, 0) is 50.4 Å². The third-order valence-corrected chi connectivity index (χ3v) is 3.75. The number of nitrogens with one attached hydrogen (secondary N) is 1. The Kier molecular flexibility index (Phi) is 4.75. The highest BCUT2D eigenvalue weighted by molar-refractivity contribution is 5.51. The molecule has 0 amide bonds. The highest BCUT2D eigenvalue weighted by atomic mass is 19.1. The molecule has 0 radical (unpaired) electrons. The summed E-state index contributed by atoms with van der Waals surface area (Å²) in [7, 11) is 0. The second-order valence-electron chi connectivity index (χ2n) is 5.23. The predicted octanol–water partition coefficient (Wildman–Crippen LogP) is 3.45. The van der Waals surface area contributed by atoms with Gasteiger partial charge in [0, 0.05) is 19.1 Å². The Hall–Kier alpha value is -1.16. The maximum Gasteiger partial charge on any atom is 0.149 e. The number of anilines is 1. The van der Waals surface area contributed by atoms with Crippen LogP contribution in [0, 0.1) is 11.6 Å². The molecule has 2 rings (SSSR count). The highest BCUT2D eigenvalue weighted by Gasteiger charge is 2.24. The van der Waals surface area contributed by atoms with Crippen molar-refractivity contribution < 1.29 is 8.78 Å². The maximum absolute atomic E-state index is 14.2. The summed E-state index contributed by atoms with van der Waals surface area (Å²) >= 11 is 0. The molecule has 1 N–H and O–H groups in total. The Morgan fingerprint density at radius 2 is 1.95 bits per heavy atom. The normalized spacial score (nSPS) is 19.8. The van der Waals surface area contributed by atoms with Gasteiger partial charge < -0.3 is 10.2 Å². The van der Waals surface area contributed by atoms with Gasteiger partial charge >= 0.3 is 0 Å². The van der Waals surface area contributed by atoms with Crippen LogP contribution < -0.4 is 10.2 Å². The van der Waals surface area contributed by atoms with Crippen molar-refractivity contribution in [3.63, 3.8) is 0 Å². The summed E-state index contributed by atoms with van der Waals surface area (Å²) in [6.07, 6.45) is 3.14. The van der Waals surface area contributed by atoms with Crippen LogP contribution in [0.15, 0.2) is 12.1 Å². The first-order valence-corrected chi connectivity index (χ1v) is 7.08. The van der Waals surface area contributed by atoms with E-state index in [0.717, 1.165) is 32.4 Å². The molecule has 1 aromatic rings. The smallest absolute Gasteiger partial charge is 0.149 e. The minimum absolute atomic E-state index is 0.146. The SMILES string of the molecule is CCNCc1cc(F)c(N2CCCCC2C)c(F)c1. The van der Waals surface area contributed by atoms with Gasteiger partial charge in [0.15, 0.2) is 0 Å². The number of hydrogen-bond acceptors (Lipinski definition) is 2. The van der Waals surface area contributed by atoms with E-state index in [-0.39, 0.29) is 11.7 Å². The lowest BCUT2D eigenvalue weighted by atomic mass is 10.0. The maximum atomic E-state index is 14.2. The quantitative estimate of drug-likeness (QED) is 0.899. The molecule has 0 spiro atoms. The van der Waals surface area contributed by atoms with Crippen molar-refractivity contribution in [1.82, 2.24) is 5.32 Å². The van der Waals surface area contributed by atoms with E-state index in [1.807, 2.05) is 18.7 Å². The number of benzene rings is 1. The predicted molar refractivity (Wildman–Crippen MR) is 74.4 cm³/mol. The summed E-state index contributed by atoms with van der Waals surface area (Å²) < 4.78 is 28.4. The van der Waals surface area contributed by atoms with Crippen LogP contribution in [-0.2, 0) is 6.54 Å². The molecule has 1 aromatic carbocycles. The first-order valence-electron chi connectivity index (χ1n) is 7.08. The van der Waals surface area contributed by atoms with E-state index in [1.54, 1.807) is 0 Å². The third kappa shape index (κ3) is 3.24. The minimum atomic E-state index is -0.443. The molecule has 1 atom stereocenters. The van der Waals surface area contributed by atoms with Crippen LogP contribution in [0.25, 0.3) is 0 Å². The van der Waals surface area contributed by atoms with E-state index in [9.17, 15) is 8.78 Å². The van der Waals surface area contributed by atoms with Gasteiger partial charge in [-0.3, -0.25) is 0 Å². The Bertz CT molecular complexity index is 411. The molecule has 1 saturated heterocycles. The lowest BCUT2D eigenvalue weighted by Crippen LogP contribution is -2.38. The standard InChI is InChI=1S/C15H22F2N2/c1-3-18-10-12-8-13(16)15(14(17)9-12)19-7-5-4-6-11(19)2/h8-9,11,18H,3-7,10H2,1-2H3. The van der Waals surface area contributed by atoms with E-state index in [0.29, 0.717) is 12.1 Å². The van der Waals surface area contributed by atoms with Crippen LogP contribution in [0.2, 0.25) is 0 Å². The molecule has 19 heavy (non-hydrogen) atoms. The monoisotopic (exact) mass is 268 g/mol. The van der Waals surface area contributed by atoms with Gasteiger partial charge in [0.1, 0.15) is 17.3 Å². The average Bonchev–Trinajstić information content (AvgIpc) is 2.38. The first-order chi connectivity index (χ1) is 9.13. The molecular weight excluding hydrogens is 246 g/mol. The molecule has 0 aromatic heterocycles. The zero-order chi connectivity index (χ0) is 13.8. The van der Waals surface area contributed by atoms with Crippen molar-refractivity contribution in [3.8, 4) is 0 Å². The van der Waals surface area contributed by atoms with E-state index in [4.69, 9.17) is 0 Å². The fraction of sp³-hybridized carbons (Fsp3) is 0.600. The summed E-state index contributed by atoms with van der Waals surface area (Å²) in [5.74, 6) is -0.886. The van der Waals surface area contributed by atoms with Crippen LogP contribution in [0.3, 0.4) is 0 Å². The fourth-order valence-electron chi connectivity index (χ4n) is 2.69. The molecule has 1 fully saturated rings. The average molecular weight is 268 g/mol. The van der Waals surface area contributed by atoms with Crippen molar-refractivity contribution in [2.45, 2.75) is 45.7 Å². The second kappa shape index (κ2) is 6.33. The van der Waals surface area contributed by atoms with E-state index >= 15 is 0 Å². The minimum Gasteiger partial charge on any atom is -0.364 e. The van der Waals surface area contributed by atoms with Crippen LogP contribution in [0.5, 0.6) is 0 Å². The van der Waals surface area contributed by atoms with Gasteiger partial charge in [0.25, 0.3) is 0 Å². The molecule has 1 aliphatic heterocycles. The third-order valence-electron chi connectivity index (χ3n) is 3.75. The Labute approximate surface area is 113 Å². The van der Waals surface area contributed by atoms with Crippen molar-refractivity contribution in [2.75, 3.05) is 18.0 Å². The summed E-state index contributed by atoms with van der Waals surface area (Å²) in [5, 5.41) is 3.08. The molecule has 0 saturated carbocycles. The Balaban J connectivity index is 2.25. The zero-order valence-corrected chi connectivity index (χ0v) is 11.7. The van der Waals surface area contributed by atoms with Crippen LogP contribution in [0.4, 0.5) is 14.5 Å². The van der Waals surface area contributed by atoms with E-state index < -0.39 is 11.6 Å². The van der Waals surface area contributed by atoms with Crippen molar-refractivity contribution in [1.29, 1.82) is 0 Å². The van der Waals surface area contributed by atoms with Crippen molar-refractivity contribution in [3.05, 3.63) is 29.3 Å². The van der Waals surface area contributed by atoms with Gasteiger partial charge in [0.05, 0.1) is 0 Å². The molecule has 0 aliphatic carbocycles. The number of nitrogens with zero attached hydrogens (tertiary/aromatic N) is 1. The topological polar surface area (TPSA) is 15.3 Å². The largest absolute Gasteiger partial charge is 0.364 e. The van der Waals surface area contributed by atoms with Crippen LogP contribution in [0.1, 0.15) is 38.7 Å². The zero-order valence-electron chi connectivity index (χ0n) is 11.7. The Morgan fingerprint density at radius 1 is 1.26 bits per heavy atom. The molecule has 4 heteroatoms. The molecule has 0 bridgehead atoms. The molecule has 1 unspecified atom stereocenters. The van der Waals surface area contributed by atoms with Crippen LogP contribution in [-0.4, -0.2) is 19.1 Å². The van der Waals surface area contributed by atoms with E-state index in [2.05, 4.69) is 5.32 Å². The van der Waals surface area contributed by atoms with Crippen LogP contribution >= 0.6 is 0 Å². The van der Waals surface area contributed by atoms with Gasteiger partial charge in [-0.15, -0.1) is 0 Å². The highest BCUT2D eigenvalue weighted by Crippen LogP contribution is 2.30. The summed E-state index contributed by atoms with van der Waals surface area (Å²) in [4.78, 5) is 1.87. The van der Waals surface area contributed by atoms with Gasteiger partial charge in [-0.25, -0.2) is 8.78 Å². The second-order valence-corrected chi connectivity index (χ2v) is 5.23. The van der Waals surface area contributed by atoms with Gasteiger partial charge in [-0.2, -0.15) is 0 Å². The molecule has 1 heterocycles. The summed E-state index contributed by atoms with van der Waals surface area (Å²) in [5.41, 5.74) is 0.803. The molecular formula is C15H22F2N2. The first kappa shape index (κ1) is 14.3. The number of halogens is 2. The lowest BCUT2D eigenvalue weighted by molar-refractivity contribution is 0.463. The van der Waals surface area contributed by atoms with Crippen molar-refractivity contribution in [2.24, 2.45) is 0 Å². The lowest BCUT2D eigenvalue weighted by Gasteiger charge is -2.35. The number of rotatable bonds is 4. The molecule has 2 nitrogen and oxygen atoms in total. The fourth-order valence-corrected chi connectivity index (χ4v) is 2.69. The van der Waals surface area contributed by atoms with Gasteiger partial charge in [0.2, 0.25) is 0 Å².